The molecule has 10 heteroatoms. The SMILES string of the molecule is COc1cc(CC(=O)Nc2ccccc2C(Nc2ccc(C(=N)NO)cc2)C(=O)NCc2ccccc2)ccc1OCc1ccccc1. The fraction of sp³-hybridized carbons (Fsp3) is 0.132. The first-order valence-electron chi connectivity index (χ1n) is 15.3. The second-order valence-corrected chi connectivity index (χ2v) is 10.9. The van der Waals surface area contributed by atoms with Crippen molar-refractivity contribution in [2.24, 2.45) is 0 Å². The molecule has 0 fully saturated rings. The molecule has 5 aromatic rings. The molecule has 5 aromatic carbocycles. The van der Waals surface area contributed by atoms with E-state index in [4.69, 9.17) is 20.1 Å². The van der Waals surface area contributed by atoms with Gasteiger partial charge in [0.1, 0.15) is 18.5 Å². The Morgan fingerprint density at radius 3 is 2.12 bits per heavy atom. The van der Waals surface area contributed by atoms with Gasteiger partial charge < -0.3 is 25.4 Å². The van der Waals surface area contributed by atoms with E-state index in [1.165, 1.54) is 0 Å². The van der Waals surface area contributed by atoms with Crippen LogP contribution in [-0.4, -0.2) is 30.0 Å². The van der Waals surface area contributed by atoms with Crippen LogP contribution in [-0.2, 0) is 29.2 Å². The number of para-hydroxylation sites is 1. The lowest BCUT2D eigenvalue weighted by atomic mass is 10.0. The average molecular weight is 644 g/mol. The topological polar surface area (TPSA) is 145 Å². The molecule has 0 saturated carbocycles. The minimum Gasteiger partial charge on any atom is -0.493 e. The molecule has 0 aliphatic rings. The van der Waals surface area contributed by atoms with E-state index in [0.717, 1.165) is 16.7 Å². The summed E-state index contributed by atoms with van der Waals surface area (Å²) in [5.74, 6) is 0.366. The fourth-order valence-electron chi connectivity index (χ4n) is 5.05. The number of ether oxygens (including phenoxy) is 2. The number of hydroxylamine groups is 1. The highest BCUT2D eigenvalue weighted by Gasteiger charge is 2.24. The van der Waals surface area contributed by atoms with Crippen molar-refractivity contribution in [2.45, 2.75) is 25.6 Å². The van der Waals surface area contributed by atoms with Gasteiger partial charge in [0, 0.05) is 29.0 Å². The van der Waals surface area contributed by atoms with E-state index >= 15 is 0 Å². The van der Waals surface area contributed by atoms with E-state index in [0.29, 0.717) is 47.2 Å². The molecule has 1 unspecified atom stereocenters. The summed E-state index contributed by atoms with van der Waals surface area (Å²) in [7, 11) is 1.56. The smallest absolute Gasteiger partial charge is 0.247 e. The number of rotatable bonds is 14. The normalized spacial score (nSPS) is 11.1. The molecule has 6 N–H and O–H groups in total. The Bertz CT molecular complexity index is 1830. The van der Waals surface area contributed by atoms with Crippen molar-refractivity contribution in [1.29, 1.82) is 5.41 Å². The lowest BCUT2D eigenvalue weighted by molar-refractivity contribution is -0.122. The Morgan fingerprint density at radius 2 is 1.44 bits per heavy atom. The number of nitrogens with one attached hydrogen (secondary N) is 5. The molecule has 2 amide bonds. The lowest BCUT2D eigenvalue weighted by Crippen LogP contribution is -2.34. The van der Waals surface area contributed by atoms with Gasteiger partial charge in [0.05, 0.1) is 13.5 Å². The van der Waals surface area contributed by atoms with Crippen LogP contribution >= 0.6 is 0 Å². The molecule has 5 rings (SSSR count). The maximum atomic E-state index is 13.7. The van der Waals surface area contributed by atoms with Crippen LogP contribution < -0.4 is 30.9 Å². The second-order valence-electron chi connectivity index (χ2n) is 10.9. The molecule has 244 valence electrons. The van der Waals surface area contributed by atoms with Crippen LogP contribution in [0.1, 0.15) is 33.9 Å². The summed E-state index contributed by atoms with van der Waals surface area (Å²) in [5.41, 5.74) is 6.64. The zero-order chi connectivity index (χ0) is 33.7. The van der Waals surface area contributed by atoms with Gasteiger partial charge in [-0.25, -0.2) is 0 Å². The molecule has 48 heavy (non-hydrogen) atoms. The number of hydrogen-bond acceptors (Lipinski definition) is 7. The van der Waals surface area contributed by atoms with Gasteiger partial charge in [-0.2, -0.15) is 0 Å². The summed E-state index contributed by atoms with van der Waals surface area (Å²) < 4.78 is 11.5. The predicted octanol–water partition coefficient (Wildman–Crippen LogP) is 6.23. The van der Waals surface area contributed by atoms with Crippen molar-refractivity contribution in [3.8, 4) is 11.5 Å². The predicted molar refractivity (Wildman–Crippen MR) is 185 cm³/mol. The van der Waals surface area contributed by atoms with Crippen molar-refractivity contribution in [1.82, 2.24) is 10.8 Å². The Hall–Kier alpha value is -6.13. The number of methoxy groups -OCH3 is 1. The van der Waals surface area contributed by atoms with Crippen molar-refractivity contribution in [2.75, 3.05) is 17.7 Å². The summed E-state index contributed by atoms with van der Waals surface area (Å²) in [4.78, 5) is 27.1. The van der Waals surface area contributed by atoms with Crippen LogP contribution in [0.5, 0.6) is 11.5 Å². The van der Waals surface area contributed by atoms with Crippen LogP contribution in [0.3, 0.4) is 0 Å². The van der Waals surface area contributed by atoms with Crippen LogP contribution in [0.25, 0.3) is 0 Å². The fourth-order valence-corrected chi connectivity index (χ4v) is 5.05. The molecule has 0 spiro atoms. The van der Waals surface area contributed by atoms with Crippen LogP contribution in [0.2, 0.25) is 0 Å². The molecule has 0 bridgehead atoms. The lowest BCUT2D eigenvalue weighted by Gasteiger charge is -2.23. The highest BCUT2D eigenvalue weighted by atomic mass is 16.5. The first kappa shape index (κ1) is 33.2. The quantitative estimate of drug-likeness (QED) is 0.0478. The number of carbonyl (C=O) groups is 2. The Balaban J connectivity index is 1.33. The van der Waals surface area contributed by atoms with Crippen molar-refractivity contribution >= 4 is 29.0 Å². The Labute approximate surface area is 279 Å². The molecule has 0 heterocycles. The van der Waals surface area contributed by atoms with Gasteiger partial charge in [-0.05, 0) is 59.2 Å². The van der Waals surface area contributed by atoms with E-state index in [-0.39, 0.29) is 24.1 Å². The first-order valence-corrected chi connectivity index (χ1v) is 15.3. The molecule has 0 radical (unpaired) electrons. The monoisotopic (exact) mass is 643 g/mol. The highest BCUT2D eigenvalue weighted by molar-refractivity contribution is 5.97. The number of amidine groups is 1. The molecule has 0 aliphatic heterocycles. The number of benzene rings is 5. The molecule has 10 nitrogen and oxygen atoms in total. The molecule has 0 aliphatic carbocycles. The highest BCUT2D eigenvalue weighted by Crippen LogP contribution is 2.30. The van der Waals surface area contributed by atoms with Gasteiger partial charge in [-0.15, -0.1) is 0 Å². The second kappa shape index (κ2) is 16.4. The number of hydrogen-bond donors (Lipinski definition) is 6. The number of carbonyl (C=O) groups excluding carboxylic acids is 2. The van der Waals surface area contributed by atoms with E-state index in [9.17, 15) is 9.59 Å². The molecule has 1 atom stereocenters. The van der Waals surface area contributed by atoms with Crippen LogP contribution in [0.15, 0.2) is 127 Å². The summed E-state index contributed by atoms with van der Waals surface area (Å²) in [6.07, 6.45) is 0.0638. The average Bonchev–Trinajstić information content (AvgIpc) is 3.13. The first-order chi connectivity index (χ1) is 23.4. The zero-order valence-corrected chi connectivity index (χ0v) is 26.4. The van der Waals surface area contributed by atoms with Gasteiger partial charge in [0.2, 0.25) is 11.8 Å². The van der Waals surface area contributed by atoms with E-state index in [2.05, 4.69) is 16.0 Å². The summed E-state index contributed by atoms with van der Waals surface area (Å²) in [6, 6.07) is 37.8. The van der Waals surface area contributed by atoms with Crippen molar-refractivity contribution < 1.29 is 24.3 Å². The number of amides is 2. The van der Waals surface area contributed by atoms with E-state index < -0.39 is 6.04 Å². The molecular weight excluding hydrogens is 606 g/mol. The summed E-state index contributed by atoms with van der Waals surface area (Å²) in [6.45, 7) is 0.702. The maximum absolute atomic E-state index is 13.7. The molecule has 0 aromatic heterocycles. The summed E-state index contributed by atoms with van der Waals surface area (Å²) >= 11 is 0. The van der Waals surface area contributed by atoms with Crippen molar-refractivity contribution in [3.05, 3.63) is 155 Å². The standard InChI is InChI=1S/C38H37N5O5/c1-47-34-22-28(16-21-33(34)48-25-27-12-6-3-7-13-27)23-35(44)42-32-15-9-8-14-31(32)36(38(45)40-24-26-10-4-2-5-11-26)41-30-19-17-29(18-20-30)37(39)43-46/h2-22,36,41,46H,23-25H2,1H3,(H2,39,43)(H,40,45)(H,42,44). The van der Waals surface area contributed by atoms with Crippen LogP contribution in [0.4, 0.5) is 11.4 Å². The minimum atomic E-state index is -0.882. The molecular formula is C38H37N5O5. The van der Waals surface area contributed by atoms with E-state index in [1.54, 1.807) is 67.8 Å². The Morgan fingerprint density at radius 1 is 0.771 bits per heavy atom. The third kappa shape index (κ3) is 8.99. The third-order valence-electron chi connectivity index (χ3n) is 7.54. The minimum absolute atomic E-state index is 0.0638. The number of anilines is 2. The Kier molecular flexibility index (Phi) is 11.4. The van der Waals surface area contributed by atoms with Gasteiger partial charge in [-0.1, -0.05) is 84.9 Å². The summed E-state index contributed by atoms with van der Waals surface area (Å²) in [5, 5.41) is 26.1. The van der Waals surface area contributed by atoms with Crippen molar-refractivity contribution in [3.63, 3.8) is 0 Å². The van der Waals surface area contributed by atoms with Gasteiger partial charge in [-0.3, -0.25) is 25.7 Å². The van der Waals surface area contributed by atoms with Gasteiger partial charge >= 0.3 is 0 Å². The maximum Gasteiger partial charge on any atom is 0.247 e. The zero-order valence-electron chi connectivity index (χ0n) is 26.4. The molecule has 0 saturated heterocycles. The van der Waals surface area contributed by atoms with Gasteiger partial charge in [0.25, 0.3) is 0 Å². The van der Waals surface area contributed by atoms with E-state index in [1.807, 2.05) is 72.2 Å². The van der Waals surface area contributed by atoms with Crippen LogP contribution in [0, 0.1) is 5.41 Å². The largest absolute Gasteiger partial charge is 0.493 e. The van der Waals surface area contributed by atoms with Gasteiger partial charge in [0.15, 0.2) is 11.5 Å². The third-order valence-corrected chi connectivity index (χ3v) is 7.54.